The van der Waals surface area contributed by atoms with Crippen molar-refractivity contribution in [2.45, 2.75) is 19.9 Å². The van der Waals surface area contributed by atoms with Crippen LogP contribution in [0, 0.1) is 6.92 Å². The smallest absolute Gasteiger partial charge is 0.142 e. The predicted octanol–water partition coefficient (Wildman–Crippen LogP) is 4.71. The molecule has 2 aromatic carbocycles. The van der Waals surface area contributed by atoms with Gasteiger partial charge in [0.2, 0.25) is 0 Å². The molecule has 25 heavy (non-hydrogen) atoms. The lowest BCUT2D eigenvalue weighted by atomic mass is 10.1. The van der Waals surface area contributed by atoms with Crippen molar-refractivity contribution in [1.82, 2.24) is 9.97 Å². The molecule has 0 spiro atoms. The van der Waals surface area contributed by atoms with Crippen LogP contribution in [-0.4, -0.2) is 17.1 Å². The molecule has 0 amide bonds. The molecule has 1 atom stereocenters. The zero-order valence-electron chi connectivity index (χ0n) is 14.7. The lowest BCUT2D eigenvalue weighted by molar-refractivity contribution is 0.416. The van der Waals surface area contributed by atoms with Crippen LogP contribution >= 0.6 is 0 Å². The van der Waals surface area contributed by atoms with E-state index >= 15 is 0 Å². The Bertz CT molecular complexity index is 836. The first-order valence-electron chi connectivity index (χ1n) is 8.21. The number of aryl methyl sites for hydroxylation is 1. The van der Waals surface area contributed by atoms with Gasteiger partial charge in [0.05, 0.1) is 12.8 Å². The van der Waals surface area contributed by atoms with Gasteiger partial charge in [0.15, 0.2) is 0 Å². The summed E-state index contributed by atoms with van der Waals surface area (Å²) in [6.07, 6.45) is 1.55. The van der Waals surface area contributed by atoms with Gasteiger partial charge in [-0.3, -0.25) is 0 Å². The molecule has 0 saturated heterocycles. The monoisotopic (exact) mass is 334 g/mol. The minimum atomic E-state index is 0.150. The molecule has 3 rings (SSSR count). The molecule has 0 aliphatic rings. The number of hydrogen-bond acceptors (Lipinski definition) is 5. The van der Waals surface area contributed by atoms with E-state index in [1.807, 2.05) is 49.4 Å². The second kappa shape index (κ2) is 7.66. The molecule has 5 nitrogen and oxygen atoms in total. The Morgan fingerprint density at radius 3 is 2.48 bits per heavy atom. The van der Waals surface area contributed by atoms with Crippen LogP contribution < -0.4 is 15.4 Å². The van der Waals surface area contributed by atoms with E-state index in [0.717, 1.165) is 22.8 Å². The van der Waals surface area contributed by atoms with Crippen LogP contribution in [0.15, 0.2) is 60.9 Å². The van der Waals surface area contributed by atoms with Crippen LogP contribution in [-0.2, 0) is 0 Å². The number of nitrogens with zero attached hydrogens (tertiary/aromatic N) is 2. The molecular formula is C20H22N4O. The molecule has 3 aromatic rings. The van der Waals surface area contributed by atoms with Crippen LogP contribution in [0.3, 0.4) is 0 Å². The summed E-state index contributed by atoms with van der Waals surface area (Å²) >= 11 is 0. The van der Waals surface area contributed by atoms with Crippen molar-refractivity contribution in [3.8, 4) is 5.75 Å². The molecule has 0 aliphatic carbocycles. The van der Waals surface area contributed by atoms with Crippen molar-refractivity contribution in [3.05, 3.63) is 72.1 Å². The SMILES string of the molecule is COc1ccc(C)cc1Nc1cc(NC(C)c2ccccc2)ncn1. The lowest BCUT2D eigenvalue weighted by Crippen LogP contribution is -2.08. The first kappa shape index (κ1) is 16.8. The van der Waals surface area contributed by atoms with E-state index in [1.54, 1.807) is 13.4 Å². The van der Waals surface area contributed by atoms with Crippen molar-refractivity contribution in [1.29, 1.82) is 0 Å². The Kier molecular flexibility index (Phi) is 5.14. The van der Waals surface area contributed by atoms with E-state index in [0.29, 0.717) is 5.82 Å². The van der Waals surface area contributed by atoms with Crippen molar-refractivity contribution >= 4 is 17.3 Å². The Labute approximate surface area is 148 Å². The predicted molar refractivity (Wildman–Crippen MR) is 102 cm³/mol. The maximum atomic E-state index is 5.40. The van der Waals surface area contributed by atoms with Gasteiger partial charge in [-0.05, 0) is 37.1 Å². The molecule has 0 radical (unpaired) electrons. The van der Waals surface area contributed by atoms with E-state index in [4.69, 9.17) is 4.74 Å². The van der Waals surface area contributed by atoms with Gasteiger partial charge < -0.3 is 15.4 Å². The summed E-state index contributed by atoms with van der Waals surface area (Å²) in [5, 5.41) is 6.70. The van der Waals surface area contributed by atoms with Gasteiger partial charge in [-0.25, -0.2) is 9.97 Å². The first-order valence-corrected chi connectivity index (χ1v) is 8.21. The molecular weight excluding hydrogens is 312 g/mol. The molecule has 0 bridgehead atoms. The van der Waals surface area contributed by atoms with Gasteiger partial charge in [0.1, 0.15) is 23.7 Å². The van der Waals surface area contributed by atoms with Crippen LogP contribution in [0.1, 0.15) is 24.1 Å². The Morgan fingerprint density at radius 1 is 0.960 bits per heavy atom. The highest BCUT2D eigenvalue weighted by atomic mass is 16.5. The highest BCUT2D eigenvalue weighted by molar-refractivity contribution is 5.66. The quantitative estimate of drug-likeness (QED) is 0.683. The van der Waals surface area contributed by atoms with Gasteiger partial charge in [-0.2, -0.15) is 0 Å². The van der Waals surface area contributed by atoms with E-state index < -0.39 is 0 Å². The number of benzene rings is 2. The third-order valence-electron chi connectivity index (χ3n) is 3.95. The van der Waals surface area contributed by atoms with Gasteiger partial charge in [0.25, 0.3) is 0 Å². The minimum absolute atomic E-state index is 0.150. The number of ether oxygens (including phenoxy) is 1. The topological polar surface area (TPSA) is 59.1 Å². The molecule has 2 N–H and O–H groups in total. The molecule has 1 aromatic heterocycles. The number of methoxy groups -OCH3 is 1. The molecule has 5 heteroatoms. The summed E-state index contributed by atoms with van der Waals surface area (Å²) in [4.78, 5) is 8.62. The van der Waals surface area contributed by atoms with Gasteiger partial charge in [-0.15, -0.1) is 0 Å². The van der Waals surface area contributed by atoms with Gasteiger partial charge in [-0.1, -0.05) is 36.4 Å². The lowest BCUT2D eigenvalue weighted by Gasteiger charge is -2.16. The van der Waals surface area contributed by atoms with Gasteiger partial charge in [0, 0.05) is 12.1 Å². The molecule has 0 fully saturated rings. The summed E-state index contributed by atoms with van der Waals surface area (Å²) in [5.74, 6) is 2.25. The zero-order chi connectivity index (χ0) is 17.6. The first-order chi connectivity index (χ1) is 12.2. The maximum Gasteiger partial charge on any atom is 0.142 e. The second-order valence-corrected chi connectivity index (χ2v) is 5.89. The highest BCUT2D eigenvalue weighted by Crippen LogP contribution is 2.28. The standard InChI is InChI=1S/C20H22N4O/c1-14-9-10-18(25-3)17(11-14)24-20-12-19(21-13-22-20)23-15(2)16-7-5-4-6-8-16/h4-13,15H,1-3H3,(H2,21,22,23,24). The van der Waals surface area contributed by atoms with E-state index in [-0.39, 0.29) is 6.04 Å². The van der Waals surface area contributed by atoms with E-state index in [1.165, 1.54) is 5.56 Å². The summed E-state index contributed by atoms with van der Waals surface area (Å²) in [7, 11) is 1.66. The summed E-state index contributed by atoms with van der Waals surface area (Å²) in [6, 6.07) is 18.3. The molecule has 128 valence electrons. The van der Waals surface area contributed by atoms with Crippen LogP contribution in [0.4, 0.5) is 17.3 Å². The second-order valence-electron chi connectivity index (χ2n) is 5.89. The summed E-state index contributed by atoms with van der Waals surface area (Å²) in [5.41, 5.74) is 3.23. The normalized spacial score (nSPS) is 11.6. The Hall–Kier alpha value is -3.08. The average Bonchev–Trinajstić information content (AvgIpc) is 2.63. The van der Waals surface area contributed by atoms with Crippen molar-refractivity contribution in [2.75, 3.05) is 17.7 Å². The zero-order valence-corrected chi connectivity index (χ0v) is 14.7. The third kappa shape index (κ3) is 4.26. The van der Waals surface area contributed by atoms with E-state index in [2.05, 4.69) is 39.7 Å². The molecule has 1 unspecified atom stereocenters. The maximum absolute atomic E-state index is 5.40. The number of nitrogens with one attached hydrogen (secondary N) is 2. The molecule has 1 heterocycles. The summed E-state index contributed by atoms with van der Waals surface area (Å²) < 4.78 is 5.40. The summed E-state index contributed by atoms with van der Waals surface area (Å²) in [6.45, 7) is 4.15. The third-order valence-corrected chi connectivity index (χ3v) is 3.95. The fourth-order valence-corrected chi connectivity index (χ4v) is 2.61. The number of aromatic nitrogens is 2. The number of rotatable bonds is 6. The van der Waals surface area contributed by atoms with Crippen molar-refractivity contribution in [2.24, 2.45) is 0 Å². The van der Waals surface area contributed by atoms with Crippen LogP contribution in [0.5, 0.6) is 5.75 Å². The largest absolute Gasteiger partial charge is 0.495 e. The fourth-order valence-electron chi connectivity index (χ4n) is 2.61. The number of hydrogen-bond donors (Lipinski definition) is 2. The highest BCUT2D eigenvalue weighted by Gasteiger charge is 2.08. The van der Waals surface area contributed by atoms with Crippen molar-refractivity contribution in [3.63, 3.8) is 0 Å². The fraction of sp³-hybridized carbons (Fsp3) is 0.200. The van der Waals surface area contributed by atoms with Gasteiger partial charge >= 0.3 is 0 Å². The van der Waals surface area contributed by atoms with E-state index in [9.17, 15) is 0 Å². The average molecular weight is 334 g/mol. The van der Waals surface area contributed by atoms with Crippen LogP contribution in [0.2, 0.25) is 0 Å². The minimum Gasteiger partial charge on any atom is -0.495 e. The Balaban J connectivity index is 1.77. The molecule has 0 saturated carbocycles. The van der Waals surface area contributed by atoms with Crippen LogP contribution in [0.25, 0.3) is 0 Å². The molecule has 0 aliphatic heterocycles. The Morgan fingerprint density at radius 2 is 1.72 bits per heavy atom. The number of anilines is 3. The van der Waals surface area contributed by atoms with Crippen molar-refractivity contribution < 1.29 is 4.74 Å².